The second-order valence-corrected chi connectivity index (χ2v) is 6.33. The summed E-state index contributed by atoms with van der Waals surface area (Å²) in [5.74, 6) is 0.729. The lowest BCUT2D eigenvalue weighted by molar-refractivity contribution is 0.0668. The van der Waals surface area contributed by atoms with Gasteiger partial charge in [0, 0.05) is 18.6 Å². The summed E-state index contributed by atoms with van der Waals surface area (Å²) in [6.07, 6.45) is 6.71. The minimum absolute atomic E-state index is 0.369. The molecule has 3 heteroatoms. The van der Waals surface area contributed by atoms with Crippen molar-refractivity contribution in [2.45, 2.75) is 58.0 Å². The molecule has 2 rings (SSSR count). The van der Waals surface area contributed by atoms with E-state index in [2.05, 4.69) is 23.6 Å². The van der Waals surface area contributed by atoms with E-state index in [0.717, 1.165) is 12.0 Å². The van der Waals surface area contributed by atoms with Crippen LogP contribution in [0.4, 0.5) is 0 Å². The van der Waals surface area contributed by atoms with Crippen molar-refractivity contribution in [3.8, 4) is 0 Å². The highest BCUT2D eigenvalue weighted by atomic mass is 15.2. The molecule has 2 aliphatic rings. The largest absolute Gasteiger partial charge is 0.328 e. The Balaban J connectivity index is 1.78. The quantitative estimate of drug-likeness (QED) is 0.831. The van der Waals surface area contributed by atoms with E-state index in [1.165, 1.54) is 64.8 Å². The third kappa shape index (κ3) is 3.69. The molecule has 2 aliphatic heterocycles. The molecule has 0 bridgehead atoms. The van der Waals surface area contributed by atoms with E-state index in [1.54, 1.807) is 0 Å². The molecule has 18 heavy (non-hydrogen) atoms. The fraction of sp³-hybridized carbons (Fsp3) is 1.00. The van der Waals surface area contributed by atoms with Gasteiger partial charge in [0.1, 0.15) is 0 Å². The van der Waals surface area contributed by atoms with Gasteiger partial charge in [-0.2, -0.15) is 0 Å². The van der Waals surface area contributed by atoms with Gasteiger partial charge in [-0.15, -0.1) is 0 Å². The summed E-state index contributed by atoms with van der Waals surface area (Å²) in [5, 5.41) is 0. The zero-order chi connectivity index (χ0) is 13.0. The molecule has 0 aromatic heterocycles. The number of nitrogens with zero attached hydrogens (tertiary/aromatic N) is 2. The first-order valence-corrected chi connectivity index (χ1v) is 7.92. The van der Waals surface area contributed by atoms with Crippen LogP contribution in [-0.2, 0) is 0 Å². The standard InChI is InChI=1S/C15H31N3/c1-3-8-17-10-6-15(7-11-17)18-9-4-5-14(12-18)13(2)16/h13-15H,3-12,16H2,1-2H3. The van der Waals surface area contributed by atoms with E-state index in [4.69, 9.17) is 5.73 Å². The number of hydrogen-bond donors (Lipinski definition) is 1. The van der Waals surface area contributed by atoms with E-state index in [-0.39, 0.29) is 0 Å². The van der Waals surface area contributed by atoms with Crippen molar-refractivity contribution >= 4 is 0 Å². The molecule has 106 valence electrons. The average molecular weight is 253 g/mol. The highest BCUT2D eigenvalue weighted by Crippen LogP contribution is 2.25. The highest BCUT2D eigenvalue weighted by Gasteiger charge is 2.29. The maximum absolute atomic E-state index is 6.09. The lowest BCUT2D eigenvalue weighted by atomic mass is 9.90. The van der Waals surface area contributed by atoms with Crippen LogP contribution >= 0.6 is 0 Å². The predicted octanol–water partition coefficient (Wildman–Crippen LogP) is 1.92. The summed E-state index contributed by atoms with van der Waals surface area (Å²) < 4.78 is 0. The molecule has 2 heterocycles. The van der Waals surface area contributed by atoms with Crippen molar-refractivity contribution in [2.24, 2.45) is 11.7 Å². The third-order valence-electron chi connectivity index (χ3n) is 4.85. The molecule has 2 saturated heterocycles. The average Bonchev–Trinajstić information content (AvgIpc) is 2.40. The van der Waals surface area contributed by atoms with Crippen LogP contribution in [0.5, 0.6) is 0 Å². The van der Waals surface area contributed by atoms with Crippen LogP contribution in [0, 0.1) is 5.92 Å². The summed E-state index contributed by atoms with van der Waals surface area (Å²) in [4.78, 5) is 5.37. The Morgan fingerprint density at radius 2 is 1.89 bits per heavy atom. The summed E-state index contributed by atoms with van der Waals surface area (Å²) in [6, 6.07) is 1.20. The highest BCUT2D eigenvalue weighted by molar-refractivity contribution is 4.85. The Hall–Kier alpha value is -0.120. The Morgan fingerprint density at radius 3 is 2.50 bits per heavy atom. The molecule has 2 unspecified atom stereocenters. The molecule has 3 nitrogen and oxygen atoms in total. The number of piperidine rings is 2. The van der Waals surface area contributed by atoms with Gasteiger partial charge >= 0.3 is 0 Å². The van der Waals surface area contributed by atoms with Crippen LogP contribution in [-0.4, -0.2) is 54.6 Å². The van der Waals surface area contributed by atoms with Gasteiger partial charge in [-0.3, -0.25) is 4.90 Å². The predicted molar refractivity (Wildman–Crippen MR) is 77.7 cm³/mol. The molecule has 0 aromatic rings. The smallest absolute Gasteiger partial charge is 0.0120 e. The van der Waals surface area contributed by atoms with Crippen LogP contribution in [0.1, 0.15) is 46.0 Å². The number of hydrogen-bond acceptors (Lipinski definition) is 3. The van der Waals surface area contributed by atoms with E-state index in [9.17, 15) is 0 Å². The minimum Gasteiger partial charge on any atom is -0.328 e. The third-order valence-corrected chi connectivity index (χ3v) is 4.85. The van der Waals surface area contributed by atoms with Crippen molar-refractivity contribution in [1.29, 1.82) is 0 Å². The Morgan fingerprint density at radius 1 is 1.17 bits per heavy atom. The first kappa shape index (κ1) is 14.3. The van der Waals surface area contributed by atoms with Crippen LogP contribution < -0.4 is 5.73 Å². The zero-order valence-electron chi connectivity index (χ0n) is 12.3. The zero-order valence-corrected chi connectivity index (χ0v) is 12.3. The van der Waals surface area contributed by atoms with Gasteiger partial charge in [-0.05, 0) is 71.1 Å². The van der Waals surface area contributed by atoms with Crippen LogP contribution in [0.15, 0.2) is 0 Å². The normalized spacial score (nSPS) is 30.5. The molecule has 0 aromatic carbocycles. The summed E-state index contributed by atoms with van der Waals surface area (Å²) >= 11 is 0. The first-order valence-electron chi connectivity index (χ1n) is 7.92. The second-order valence-electron chi connectivity index (χ2n) is 6.33. The van der Waals surface area contributed by atoms with Crippen LogP contribution in [0.3, 0.4) is 0 Å². The van der Waals surface area contributed by atoms with Crippen LogP contribution in [0.2, 0.25) is 0 Å². The fourth-order valence-corrected chi connectivity index (χ4v) is 3.63. The van der Waals surface area contributed by atoms with Crippen molar-refractivity contribution in [3.05, 3.63) is 0 Å². The molecule has 0 amide bonds. The summed E-state index contributed by atoms with van der Waals surface area (Å²) in [5.41, 5.74) is 6.09. The van der Waals surface area contributed by atoms with Crippen LogP contribution in [0.25, 0.3) is 0 Å². The molecule has 2 N–H and O–H groups in total. The Bertz CT molecular complexity index is 234. The van der Waals surface area contributed by atoms with Crippen molar-refractivity contribution < 1.29 is 0 Å². The maximum atomic E-state index is 6.09. The Labute approximate surface area is 113 Å². The molecule has 0 aliphatic carbocycles. The SMILES string of the molecule is CCCN1CCC(N2CCCC(C(C)N)C2)CC1. The Kier molecular flexibility index (Phi) is 5.46. The lowest BCUT2D eigenvalue weighted by Gasteiger charge is -2.43. The molecule has 2 atom stereocenters. The summed E-state index contributed by atoms with van der Waals surface area (Å²) in [6.45, 7) is 10.9. The molecule has 0 radical (unpaired) electrons. The minimum atomic E-state index is 0.369. The second kappa shape index (κ2) is 6.88. The fourth-order valence-electron chi connectivity index (χ4n) is 3.63. The number of likely N-dealkylation sites (tertiary alicyclic amines) is 2. The van der Waals surface area contributed by atoms with Crippen molar-refractivity contribution in [1.82, 2.24) is 9.80 Å². The van der Waals surface area contributed by atoms with Gasteiger partial charge in [-0.25, -0.2) is 0 Å². The van der Waals surface area contributed by atoms with Crippen molar-refractivity contribution in [2.75, 3.05) is 32.7 Å². The lowest BCUT2D eigenvalue weighted by Crippen LogP contribution is -2.50. The van der Waals surface area contributed by atoms with E-state index in [1.807, 2.05) is 0 Å². The monoisotopic (exact) mass is 253 g/mol. The van der Waals surface area contributed by atoms with Gasteiger partial charge in [0.05, 0.1) is 0 Å². The topological polar surface area (TPSA) is 32.5 Å². The summed E-state index contributed by atoms with van der Waals surface area (Å²) in [7, 11) is 0. The van der Waals surface area contributed by atoms with Gasteiger partial charge in [-0.1, -0.05) is 6.92 Å². The molecule has 2 fully saturated rings. The molecular formula is C15H31N3. The van der Waals surface area contributed by atoms with Crippen molar-refractivity contribution in [3.63, 3.8) is 0 Å². The van der Waals surface area contributed by atoms with Gasteiger partial charge < -0.3 is 10.6 Å². The van der Waals surface area contributed by atoms with E-state index < -0.39 is 0 Å². The van der Waals surface area contributed by atoms with E-state index in [0.29, 0.717) is 6.04 Å². The number of rotatable bonds is 4. The van der Waals surface area contributed by atoms with Gasteiger partial charge in [0.15, 0.2) is 0 Å². The van der Waals surface area contributed by atoms with Gasteiger partial charge in [0.25, 0.3) is 0 Å². The molecular weight excluding hydrogens is 222 g/mol. The molecule has 0 saturated carbocycles. The van der Waals surface area contributed by atoms with Gasteiger partial charge in [0.2, 0.25) is 0 Å². The maximum Gasteiger partial charge on any atom is 0.0120 e. The number of nitrogens with two attached hydrogens (primary N) is 1. The first-order chi connectivity index (χ1) is 8.70. The molecule has 0 spiro atoms. The van der Waals surface area contributed by atoms with E-state index >= 15 is 0 Å².